The minimum absolute atomic E-state index is 0.134. The second-order valence-electron chi connectivity index (χ2n) is 7.14. The Morgan fingerprint density at radius 3 is 2.21 bits per heavy atom. The van der Waals surface area contributed by atoms with Gasteiger partial charge in [-0.3, -0.25) is 4.79 Å². The maximum absolute atomic E-state index is 13.1. The fourth-order valence-electron chi connectivity index (χ4n) is 2.29. The highest BCUT2D eigenvalue weighted by Gasteiger charge is 2.51. The molecule has 1 unspecified atom stereocenters. The lowest BCUT2D eigenvalue weighted by Gasteiger charge is -2.28. The van der Waals surface area contributed by atoms with Crippen LogP contribution in [0.3, 0.4) is 0 Å². The Morgan fingerprint density at radius 2 is 1.68 bits per heavy atom. The van der Waals surface area contributed by atoms with Crippen LogP contribution in [0.25, 0.3) is 0 Å². The summed E-state index contributed by atoms with van der Waals surface area (Å²) in [7, 11) is 1.53. The van der Waals surface area contributed by atoms with Gasteiger partial charge in [-0.15, -0.1) is 0 Å². The summed E-state index contributed by atoms with van der Waals surface area (Å²) in [5.74, 6) is -1.85. The third-order valence-electron chi connectivity index (χ3n) is 4.10. The Balaban J connectivity index is 3.20. The van der Waals surface area contributed by atoms with E-state index >= 15 is 0 Å². The van der Waals surface area contributed by atoms with E-state index in [-0.39, 0.29) is 23.5 Å². The van der Waals surface area contributed by atoms with Crippen molar-refractivity contribution in [1.82, 2.24) is 0 Å². The summed E-state index contributed by atoms with van der Waals surface area (Å²) in [6.45, 7) is 5.51. The Labute approximate surface area is 163 Å². The number of ether oxygens (including phenoxy) is 3. The number of hydrogen-bond donors (Lipinski definition) is 0. The van der Waals surface area contributed by atoms with Gasteiger partial charge in [0.2, 0.25) is 5.60 Å². The minimum Gasteiger partial charge on any atom is -0.446 e. The predicted octanol–water partition coefficient (Wildman–Crippen LogP) is 4.50. The normalized spacial score (nSPS) is 13.5. The lowest BCUT2D eigenvalue weighted by molar-refractivity contribution is -0.244. The van der Waals surface area contributed by atoms with E-state index in [1.54, 1.807) is 19.9 Å². The molecule has 5 nitrogen and oxygen atoms in total. The number of halogens is 3. The number of Topliss-reactive ketones (excluding diaryl/α,β-unsaturated/α-hetero) is 1. The highest BCUT2D eigenvalue weighted by atomic mass is 19.4. The molecule has 0 aromatic heterocycles. The first-order chi connectivity index (χ1) is 12.9. The van der Waals surface area contributed by atoms with E-state index < -0.39 is 29.8 Å². The number of ketones is 1. The molecule has 0 aliphatic rings. The van der Waals surface area contributed by atoms with E-state index in [0.717, 1.165) is 13.8 Å². The maximum Gasteiger partial charge on any atom is 0.427 e. The molecule has 8 heteroatoms. The summed E-state index contributed by atoms with van der Waals surface area (Å²) in [5, 5.41) is 0. The molecule has 1 atom stereocenters. The molecule has 0 amide bonds. The number of hydrogen-bond acceptors (Lipinski definition) is 5. The van der Waals surface area contributed by atoms with Crippen LogP contribution in [-0.2, 0) is 19.0 Å². The second-order valence-corrected chi connectivity index (χ2v) is 7.14. The fourth-order valence-corrected chi connectivity index (χ4v) is 2.29. The number of benzene rings is 1. The molecule has 0 aliphatic heterocycles. The second kappa shape index (κ2) is 10.0. The quantitative estimate of drug-likeness (QED) is 0.424. The zero-order valence-corrected chi connectivity index (χ0v) is 16.8. The average molecular weight is 404 g/mol. The van der Waals surface area contributed by atoms with Crippen LogP contribution in [0.15, 0.2) is 24.3 Å². The average Bonchev–Trinajstić information content (AvgIpc) is 2.60. The summed E-state index contributed by atoms with van der Waals surface area (Å²) < 4.78 is 54.6. The van der Waals surface area contributed by atoms with Gasteiger partial charge in [-0.2, -0.15) is 13.2 Å². The van der Waals surface area contributed by atoms with Gasteiger partial charge in [0.05, 0.1) is 12.2 Å². The van der Waals surface area contributed by atoms with Gasteiger partial charge in [-0.05, 0) is 26.3 Å². The number of rotatable bonds is 10. The van der Waals surface area contributed by atoms with Crippen molar-refractivity contribution in [2.24, 2.45) is 5.92 Å². The molecule has 158 valence electrons. The van der Waals surface area contributed by atoms with Crippen molar-refractivity contribution in [2.45, 2.75) is 52.0 Å². The molecule has 28 heavy (non-hydrogen) atoms. The molecule has 1 aromatic carbocycles. The zero-order chi connectivity index (χ0) is 21.5. The van der Waals surface area contributed by atoms with Crippen molar-refractivity contribution < 1.29 is 37.0 Å². The molecule has 0 bridgehead atoms. The number of carbonyl (C=O) groups excluding carboxylic acids is 2. The van der Waals surface area contributed by atoms with E-state index in [2.05, 4.69) is 0 Å². The van der Waals surface area contributed by atoms with Crippen molar-refractivity contribution in [3.8, 4) is 0 Å². The van der Waals surface area contributed by atoms with Crippen LogP contribution >= 0.6 is 0 Å². The number of carbonyl (C=O) groups is 2. The van der Waals surface area contributed by atoms with Gasteiger partial charge in [0.25, 0.3) is 0 Å². The van der Waals surface area contributed by atoms with Crippen LogP contribution in [0, 0.1) is 5.92 Å². The first-order valence-electron chi connectivity index (χ1n) is 8.95. The van der Waals surface area contributed by atoms with Gasteiger partial charge in [-0.25, -0.2) is 4.79 Å². The molecular weight excluding hydrogens is 377 g/mol. The third kappa shape index (κ3) is 6.31. The molecule has 0 radical (unpaired) electrons. The fraction of sp³-hybridized carbons (Fsp3) is 0.600. The Bertz CT molecular complexity index is 668. The largest absolute Gasteiger partial charge is 0.446 e. The van der Waals surface area contributed by atoms with Crippen LogP contribution in [0.4, 0.5) is 13.2 Å². The van der Waals surface area contributed by atoms with E-state index in [0.29, 0.717) is 13.0 Å². The number of alkyl halides is 3. The molecule has 0 aliphatic carbocycles. The Morgan fingerprint density at radius 1 is 1.07 bits per heavy atom. The summed E-state index contributed by atoms with van der Waals surface area (Å²) in [5.41, 5.74) is -2.62. The lowest BCUT2D eigenvalue weighted by Crippen LogP contribution is -2.43. The van der Waals surface area contributed by atoms with Gasteiger partial charge in [0.1, 0.15) is 6.10 Å². The smallest absolute Gasteiger partial charge is 0.427 e. The SMILES string of the molecule is COCCCOC(C(=O)C(C)C)c1ccccc1C(=O)OC(C)(C)C(F)(F)F. The molecule has 0 spiro atoms. The lowest BCUT2D eigenvalue weighted by atomic mass is 9.94. The Hall–Kier alpha value is -1.93. The van der Waals surface area contributed by atoms with Gasteiger partial charge in [-0.1, -0.05) is 32.0 Å². The molecule has 1 aromatic rings. The Kier molecular flexibility index (Phi) is 8.63. The highest BCUT2D eigenvalue weighted by Crippen LogP contribution is 2.34. The van der Waals surface area contributed by atoms with Crippen LogP contribution < -0.4 is 0 Å². The van der Waals surface area contributed by atoms with E-state index in [1.165, 1.54) is 25.3 Å². The van der Waals surface area contributed by atoms with Gasteiger partial charge < -0.3 is 14.2 Å². The summed E-state index contributed by atoms with van der Waals surface area (Å²) in [4.78, 5) is 25.1. The van der Waals surface area contributed by atoms with E-state index in [9.17, 15) is 22.8 Å². The number of methoxy groups -OCH3 is 1. The van der Waals surface area contributed by atoms with E-state index in [4.69, 9.17) is 14.2 Å². The van der Waals surface area contributed by atoms with Crippen molar-refractivity contribution in [3.05, 3.63) is 35.4 Å². The van der Waals surface area contributed by atoms with E-state index in [1.807, 2.05) is 0 Å². The molecule has 0 fully saturated rings. The van der Waals surface area contributed by atoms with Crippen molar-refractivity contribution in [2.75, 3.05) is 20.3 Å². The summed E-state index contributed by atoms with van der Waals surface area (Å²) in [6, 6.07) is 5.88. The summed E-state index contributed by atoms with van der Waals surface area (Å²) >= 11 is 0. The number of esters is 1. The van der Waals surface area contributed by atoms with Gasteiger partial charge >= 0.3 is 12.1 Å². The minimum atomic E-state index is -4.73. The zero-order valence-electron chi connectivity index (χ0n) is 16.8. The van der Waals surface area contributed by atoms with Gasteiger partial charge in [0.15, 0.2) is 5.78 Å². The van der Waals surface area contributed by atoms with Crippen LogP contribution in [0.5, 0.6) is 0 Å². The van der Waals surface area contributed by atoms with Crippen molar-refractivity contribution in [1.29, 1.82) is 0 Å². The van der Waals surface area contributed by atoms with Crippen LogP contribution in [-0.4, -0.2) is 43.9 Å². The summed E-state index contributed by atoms with van der Waals surface area (Å²) in [6.07, 6.45) is -5.30. The molecule has 0 N–H and O–H groups in total. The van der Waals surface area contributed by atoms with Crippen molar-refractivity contribution in [3.63, 3.8) is 0 Å². The predicted molar refractivity (Wildman–Crippen MR) is 97.0 cm³/mol. The standard InChI is InChI=1S/C20H27F3O5/c1-13(2)16(24)17(27-12-8-11-26-5)14-9-6-7-10-15(14)18(25)28-19(3,4)20(21,22)23/h6-7,9-10,13,17H,8,11-12H2,1-5H3. The highest BCUT2D eigenvalue weighted by molar-refractivity contribution is 5.95. The maximum atomic E-state index is 13.1. The van der Waals surface area contributed by atoms with Crippen molar-refractivity contribution >= 4 is 11.8 Å². The molecule has 0 saturated carbocycles. The molecule has 1 rings (SSSR count). The van der Waals surface area contributed by atoms with Crippen LogP contribution in [0.1, 0.15) is 56.1 Å². The molecule has 0 heterocycles. The van der Waals surface area contributed by atoms with Crippen LogP contribution in [0.2, 0.25) is 0 Å². The molecular formula is C20H27F3O5. The third-order valence-corrected chi connectivity index (χ3v) is 4.10. The first kappa shape index (κ1) is 24.1. The molecule has 0 saturated heterocycles. The van der Waals surface area contributed by atoms with Gasteiger partial charge in [0, 0.05) is 25.2 Å². The first-order valence-corrected chi connectivity index (χ1v) is 8.95. The monoisotopic (exact) mass is 404 g/mol. The topological polar surface area (TPSA) is 61.8 Å².